The van der Waals surface area contributed by atoms with Crippen molar-refractivity contribution in [1.82, 2.24) is 0 Å². The van der Waals surface area contributed by atoms with Gasteiger partial charge in [-0.05, 0) is 39.0 Å². The van der Waals surface area contributed by atoms with Gasteiger partial charge in [0.05, 0.1) is 18.3 Å². The molecule has 1 aliphatic heterocycles. The zero-order chi connectivity index (χ0) is 15.6. The molecular formula is C19H38O2. The van der Waals surface area contributed by atoms with Crippen molar-refractivity contribution in [2.24, 2.45) is 5.92 Å². The fourth-order valence-corrected chi connectivity index (χ4v) is 3.17. The molecule has 0 saturated carbocycles. The summed E-state index contributed by atoms with van der Waals surface area (Å²) in [5.74, 6) is 0.703. The monoisotopic (exact) mass is 298 g/mol. The maximum absolute atomic E-state index is 5.76. The van der Waals surface area contributed by atoms with Crippen LogP contribution in [0.2, 0.25) is 0 Å². The Labute approximate surface area is 133 Å². The molecule has 0 bridgehead atoms. The minimum atomic E-state index is 0.0273. The molecule has 21 heavy (non-hydrogen) atoms. The summed E-state index contributed by atoms with van der Waals surface area (Å²) in [4.78, 5) is 0. The highest BCUT2D eigenvalue weighted by Crippen LogP contribution is 2.31. The van der Waals surface area contributed by atoms with E-state index in [2.05, 4.69) is 20.8 Å². The van der Waals surface area contributed by atoms with Crippen LogP contribution < -0.4 is 0 Å². The van der Waals surface area contributed by atoms with Crippen LogP contribution in [-0.4, -0.2) is 25.4 Å². The smallest absolute Gasteiger partial charge is 0.0810 e. The molecule has 1 heterocycles. The number of ether oxygens (including phenoxy) is 2. The fraction of sp³-hybridized carbons (Fsp3) is 1.00. The van der Waals surface area contributed by atoms with Gasteiger partial charge in [0, 0.05) is 7.11 Å². The number of epoxide rings is 1. The molecule has 0 spiro atoms. The van der Waals surface area contributed by atoms with Crippen LogP contribution in [0.15, 0.2) is 0 Å². The molecule has 0 radical (unpaired) electrons. The van der Waals surface area contributed by atoms with Crippen LogP contribution in [0.3, 0.4) is 0 Å². The molecule has 2 heteroatoms. The molecule has 1 rings (SSSR count). The van der Waals surface area contributed by atoms with Gasteiger partial charge < -0.3 is 9.47 Å². The normalized spacial score (nSPS) is 19.7. The van der Waals surface area contributed by atoms with Crippen LogP contribution in [0.4, 0.5) is 0 Å². The van der Waals surface area contributed by atoms with Gasteiger partial charge in [-0.2, -0.15) is 0 Å². The molecule has 2 atom stereocenters. The molecule has 0 aliphatic carbocycles. The first kappa shape index (κ1) is 19.0. The van der Waals surface area contributed by atoms with E-state index in [4.69, 9.17) is 9.47 Å². The molecule has 0 amide bonds. The largest absolute Gasteiger partial charge is 0.379 e. The van der Waals surface area contributed by atoms with E-state index < -0.39 is 0 Å². The summed E-state index contributed by atoms with van der Waals surface area (Å²) in [6.45, 7) is 7.81. The van der Waals surface area contributed by atoms with Crippen molar-refractivity contribution in [1.29, 1.82) is 0 Å². The van der Waals surface area contributed by atoms with Crippen molar-refractivity contribution in [3.8, 4) is 0 Å². The number of unbranched alkanes of at least 4 members (excludes halogenated alkanes) is 6. The van der Waals surface area contributed by atoms with E-state index in [0.29, 0.717) is 12.0 Å². The fourth-order valence-electron chi connectivity index (χ4n) is 3.17. The van der Waals surface area contributed by atoms with E-state index >= 15 is 0 Å². The molecule has 0 aromatic rings. The van der Waals surface area contributed by atoms with Crippen LogP contribution in [0.1, 0.15) is 91.4 Å². The summed E-state index contributed by atoms with van der Waals surface area (Å²) < 4.78 is 11.1. The van der Waals surface area contributed by atoms with Crippen molar-refractivity contribution in [3.05, 3.63) is 0 Å². The highest BCUT2D eigenvalue weighted by Gasteiger charge is 2.28. The third-order valence-corrected chi connectivity index (χ3v) is 5.15. The van der Waals surface area contributed by atoms with Crippen molar-refractivity contribution in [3.63, 3.8) is 0 Å². The lowest BCUT2D eigenvalue weighted by atomic mass is 9.82. The summed E-state index contributed by atoms with van der Waals surface area (Å²) in [5, 5.41) is 0. The molecule has 126 valence electrons. The Kier molecular flexibility index (Phi) is 9.59. The number of hydrogen-bond donors (Lipinski definition) is 0. The minimum Gasteiger partial charge on any atom is -0.379 e. The van der Waals surface area contributed by atoms with E-state index in [9.17, 15) is 0 Å². The third-order valence-electron chi connectivity index (χ3n) is 5.15. The van der Waals surface area contributed by atoms with Gasteiger partial charge >= 0.3 is 0 Å². The Balaban J connectivity index is 2.16. The van der Waals surface area contributed by atoms with E-state index in [0.717, 1.165) is 6.61 Å². The van der Waals surface area contributed by atoms with Crippen molar-refractivity contribution in [2.45, 2.75) is 103 Å². The molecule has 2 unspecified atom stereocenters. The van der Waals surface area contributed by atoms with Gasteiger partial charge in [0.25, 0.3) is 0 Å². The van der Waals surface area contributed by atoms with Crippen molar-refractivity contribution in [2.75, 3.05) is 13.7 Å². The minimum absolute atomic E-state index is 0.0273. The molecular weight excluding hydrogens is 260 g/mol. The summed E-state index contributed by atoms with van der Waals surface area (Å²) >= 11 is 0. The molecule has 2 nitrogen and oxygen atoms in total. The highest BCUT2D eigenvalue weighted by molar-refractivity contribution is 4.79. The zero-order valence-electron chi connectivity index (χ0n) is 15.0. The first-order chi connectivity index (χ1) is 10.1. The summed E-state index contributed by atoms with van der Waals surface area (Å²) in [5.41, 5.74) is 0.0273. The van der Waals surface area contributed by atoms with Gasteiger partial charge in [0.15, 0.2) is 0 Å². The maximum atomic E-state index is 5.76. The Bertz CT molecular complexity index is 246. The van der Waals surface area contributed by atoms with Crippen LogP contribution in [0, 0.1) is 5.92 Å². The van der Waals surface area contributed by atoms with Crippen LogP contribution in [-0.2, 0) is 9.47 Å². The molecule has 1 aliphatic rings. The standard InChI is InChI=1S/C19H38O2/c1-5-6-7-8-9-10-13-17(19(2,3)20-4)14-11-12-15-18-16-21-18/h17-18H,5-16H2,1-4H3. The van der Waals surface area contributed by atoms with Gasteiger partial charge in [-0.15, -0.1) is 0 Å². The third kappa shape index (κ3) is 8.83. The highest BCUT2D eigenvalue weighted by atomic mass is 16.6. The summed E-state index contributed by atoms with van der Waals surface area (Å²) in [6.07, 6.45) is 15.5. The maximum Gasteiger partial charge on any atom is 0.0810 e. The van der Waals surface area contributed by atoms with Gasteiger partial charge in [0.2, 0.25) is 0 Å². The second-order valence-corrected chi connectivity index (χ2v) is 7.30. The first-order valence-corrected chi connectivity index (χ1v) is 9.27. The van der Waals surface area contributed by atoms with E-state index in [1.807, 2.05) is 7.11 Å². The quantitative estimate of drug-likeness (QED) is 0.301. The van der Waals surface area contributed by atoms with E-state index in [1.54, 1.807) is 0 Å². The Hall–Kier alpha value is -0.0800. The lowest BCUT2D eigenvalue weighted by Crippen LogP contribution is -2.33. The predicted molar refractivity (Wildman–Crippen MR) is 90.8 cm³/mol. The number of methoxy groups -OCH3 is 1. The Morgan fingerprint density at radius 1 is 1.00 bits per heavy atom. The van der Waals surface area contributed by atoms with Crippen LogP contribution in [0.5, 0.6) is 0 Å². The molecule has 1 fully saturated rings. The topological polar surface area (TPSA) is 21.8 Å². The summed E-state index contributed by atoms with van der Waals surface area (Å²) in [7, 11) is 1.87. The van der Waals surface area contributed by atoms with E-state index in [1.165, 1.54) is 70.6 Å². The lowest BCUT2D eigenvalue weighted by molar-refractivity contribution is -0.0352. The van der Waals surface area contributed by atoms with Gasteiger partial charge in [-0.3, -0.25) is 0 Å². The molecule has 0 N–H and O–H groups in total. The SMILES string of the molecule is CCCCCCCCC(CCCCC1CO1)C(C)(C)OC. The predicted octanol–water partition coefficient (Wildman–Crippen LogP) is 5.74. The van der Waals surface area contributed by atoms with Gasteiger partial charge in [-0.1, -0.05) is 58.3 Å². The average Bonchev–Trinajstić information content (AvgIpc) is 3.28. The zero-order valence-corrected chi connectivity index (χ0v) is 15.0. The second kappa shape index (κ2) is 10.6. The molecule has 0 aromatic carbocycles. The second-order valence-electron chi connectivity index (χ2n) is 7.30. The molecule has 1 saturated heterocycles. The van der Waals surface area contributed by atoms with Gasteiger partial charge in [-0.25, -0.2) is 0 Å². The lowest BCUT2D eigenvalue weighted by Gasteiger charge is -2.33. The van der Waals surface area contributed by atoms with Crippen LogP contribution >= 0.6 is 0 Å². The van der Waals surface area contributed by atoms with Gasteiger partial charge in [0.1, 0.15) is 0 Å². The Morgan fingerprint density at radius 3 is 2.14 bits per heavy atom. The Morgan fingerprint density at radius 2 is 1.57 bits per heavy atom. The van der Waals surface area contributed by atoms with E-state index in [-0.39, 0.29) is 5.60 Å². The van der Waals surface area contributed by atoms with Crippen molar-refractivity contribution < 1.29 is 9.47 Å². The average molecular weight is 299 g/mol. The summed E-state index contributed by atoms with van der Waals surface area (Å²) in [6, 6.07) is 0. The molecule has 0 aromatic heterocycles. The number of rotatable bonds is 14. The van der Waals surface area contributed by atoms with Crippen LogP contribution in [0.25, 0.3) is 0 Å². The van der Waals surface area contributed by atoms with Crippen molar-refractivity contribution >= 4 is 0 Å². The number of hydrogen-bond acceptors (Lipinski definition) is 2. The first-order valence-electron chi connectivity index (χ1n) is 9.27.